The Morgan fingerprint density at radius 1 is 1.20 bits per heavy atom. The van der Waals surface area contributed by atoms with E-state index in [2.05, 4.69) is 15.2 Å². The molecule has 6 nitrogen and oxygen atoms in total. The minimum Gasteiger partial charge on any atom is -0.465 e. The number of para-hydroxylation sites is 1. The lowest BCUT2D eigenvalue weighted by Gasteiger charge is -2.12. The highest BCUT2D eigenvalue weighted by atomic mass is 19.1. The maximum Gasteiger partial charge on any atom is 0.339 e. The standard InChI is InChI=1S/C18H15FN2O4/c1-24-18(23)12-7-3-5-9-14(12)20-17(22)16-10-15(21-25-16)11-6-2-4-8-13(11)19/h2-9,16H,10H2,1H3,(H,20,22)/t16-/m0/s1. The number of nitrogens with one attached hydrogen (secondary N) is 1. The second-order valence-corrected chi connectivity index (χ2v) is 5.34. The molecule has 0 aromatic heterocycles. The van der Waals surface area contributed by atoms with Gasteiger partial charge < -0.3 is 14.9 Å². The SMILES string of the molecule is COC(=O)c1ccccc1NC(=O)[C@@H]1CC(c2ccccc2F)=NO1. The van der Waals surface area contributed by atoms with Gasteiger partial charge in [0.25, 0.3) is 5.91 Å². The van der Waals surface area contributed by atoms with E-state index in [1.54, 1.807) is 36.4 Å². The van der Waals surface area contributed by atoms with Gasteiger partial charge in [-0.3, -0.25) is 4.79 Å². The summed E-state index contributed by atoms with van der Waals surface area (Å²) in [6.07, 6.45) is -0.770. The minimum absolute atomic E-state index is 0.132. The number of halogens is 1. The molecule has 1 amide bonds. The summed E-state index contributed by atoms with van der Waals surface area (Å²) in [6.45, 7) is 0. The number of amides is 1. The number of esters is 1. The predicted octanol–water partition coefficient (Wildman–Crippen LogP) is 2.74. The Labute approximate surface area is 143 Å². The molecule has 0 saturated carbocycles. The van der Waals surface area contributed by atoms with Gasteiger partial charge in [0.15, 0.2) is 0 Å². The van der Waals surface area contributed by atoms with Crippen molar-refractivity contribution in [1.82, 2.24) is 0 Å². The lowest BCUT2D eigenvalue weighted by atomic mass is 10.0. The lowest BCUT2D eigenvalue weighted by Crippen LogP contribution is -2.29. The first-order chi connectivity index (χ1) is 12.1. The van der Waals surface area contributed by atoms with Gasteiger partial charge in [0.2, 0.25) is 6.10 Å². The molecule has 0 unspecified atom stereocenters. The van der Waals surface area contributed by atoms with Crippen molar-refractivity contribution in [2.45, 2.75) is 12.5 Å². The van der Waals surface area contributed by atoms with Gasteiger partial charge in [-0.05, 0) is 18.2 Å². The van der Waals surface area contributed by atoms with E-state index in [9.17, 15) is 14.0 Å². The van der Waals surface area contributed by atoms with Gasteiger partial charge in [0.05, 0.1) is 24.1 Å². The van der Waals surface area contributed by atoms with Crippen molar-refractivity contribution < 1.29 is 23.6 Å². The number of rotatable bonds is 4. The summed E-state index contributed by atoms with van der Waals surface area (Å²) in [5.41, 5.74) is 1.20. The van der Waals surface area contributed by atoms with Gasteiger partial charge in [-0.2, -0.15) is 0 Å². The van der Waals surface area contributed by atoms with Gasteiger partial charge in [-0.25, -0.2) is 9.18 Å². The molecule has 0 saturated heterocycles. The lowest BCUT2D eigenvalue weighted by molar-refractivity contribution is -0.125. The summed E-state index contributed by atoms with van der Waals surface area (Å²) < 4.78 is 18.5. The van der Waals surface area contributed by atoms with Crippen LogP contribution in [0.4, 0.5) is 10.1 Å². The second kappa shape index (κ2) is 7.12. The Balaban J connectivity index is 1.71. The van der Waals surface area contributed by atoms with Gasteiger partial charge in [-0.15, -0.1) is 0 Å². The normalized spacial score (nSPS) is 15.9. The summed E-state index contributed by atoms with van der Waals surface area (Å²) in [7, 11) is 1.26. The summed E-state index contributed by atoms with van der Waals surface area (Å²) >= 11 is 0. The van der Waals surface area contributed by atoms with Crippen LogP contribution in [0.2, 0.25) is 0 Å². The van der Waals surface area contributed by atoms with Gasteiger partial charge >= 0.3 is 5.97 Å². The van der Waals surface area contributed by atoms with Crippen molar-refractivity contribution in [2.75, 3.05) is 12.4 Å². The molecule has 0 aliphatic carbocycles. The number of ether oxygens (including phenoxy) is 1. The molecular formula is C18H15FN2O4. The molecule has 1 atom stereocenters. The van der Waals surface area contributed by atoms with E-state index in [4.69, 9.17) is 4.84 Å². The third-order valence-electron chi connectivity index (χ3n) is 3.74. The van der Waals surface area contributed by atoms with Gasteiger partial charge in [-0.1, -0.05) is 35.5 Å². The molecular weight excluding hydrogens is 327 g/mol. The first-order valence-corrected chi connectivity index (χ1v) is 7.56. The molecule has 25 heavy (non-hydrogen) atoms. The van der Waals surface area contributed by atoms with E-state index < -0.39 is 23.8 Å². The van der Waals surface area contributed by atoms with Crippen molar-refractivity contribution >= 4 is 23.3 Å². The second-order valence-electron chi connectivity index (χ2n) is 5.34. The number of hydrogen-bond acceptors (Lipinski definition) is 5. The molecule has 1 N–H and O–H groups in total. The van der Waals surface area contributed by atoms with E-state index in [1.165, 1.54) is 19.2 Å². The largest absolute Gasteiger partial charge is 0.465 e. The average molecular weight is 342 g/mol. The van der Waals surface area contributed by atoms with Crippen molar-refractivity contribution in [3.05, 3.63) is 65.5 Å². The summed E-state index contributed by atoms with van der Waals surface area (Å²) in [4.78, 5) is 29.3. The van der Waals surface area contributed by atoms with E-state index in [0.717, 1.165) is 0 Å². The van der Waals surface area contributed by atoms with E-state index in [0.29, 0.717) is 17.0 Å². The van der Waals surface area contributed by atoms with Crippen LogP contribution in [-0.4, -0.2) is 30.8 Å². The number of nitrogens with zero attached hydrogens (tertiary/aromatic N) is 1. The molecule has 2 aromatic carbocycles. The van der Waals surface area contributed by atoms with Crippen LogP contribution in [-0.2, 0) is 14.4 Å². The number of carbonyl (C=O) groups is 2. The fraction of sp³-hybridized carbons (Fsp3) is 0.167. The van der Waals surface area contributed by atoms with Crippen molar-refractivity contribution in [3.8, 4) is 0 Å². The van der Waals surface area contributed by atoms with Crippen LogP contribution in [0.25, 0.3) is 0 Å². The molecule has 7 heteroatoms. The maximum absolute atomic E-state index is 13.8. The molecule has 128 valence electrons. The highest BCUT2D eigenvalue weighted by Gasteiger charge is 2.30. The quantitative estimate of drug-likeness (QED) is 0.867. The average Bonchev–Trinajstić information content (AvgIpc) is 3.12. The number of methoxy groups -OCH3 is 1. The Kier molecular flexibility index (Phi) is 4.74. The highest BCUT2D eigenvalue weighted by molar-refractivity contribution is 6.07. The minimum atomic E-state index is -0.902. The van der Waals surface area contributed by atoms with Gasteiger partial charge in [0.1, 0.15) is 5.82 Å². The fourth-order valence-electron chi connectivity index (χ4n) is 2.47. The first kappa shape index (κ1) is 16.6. The number of anilines is 1. The maximum atomic E-state index is 13.8. The highest BCUT2D eigenvalue weighted by Crippen LogP contribution is 2.22. The zero-order chi connectivity index (χ0) is 17.8. The van der Waals surface area contributed by atoms with Crippen molar-refractivity contribution in [3.63, 3.8) is 0 Å². The van der Waals surface area contributed by atoms with Crippen molar-refractivity contribution in [1.29, 1.82) is 0 Å². The van der Waals surface area contributed by atoms with E-state index in [-0.39, 0.29) is 12.0 Å². The molecule has 1 heterocycles. The predicted molar refractivity (Wildman–Crippen MR) is 88.8 cm³/mol. The topological polar surface area (TPSA) is 77.0 Å². The zero-order valence-electron chi connectivity index (χ0n) is 13.4. The molecule has 3 rings (SSSR count). The monoisotopic (exact) mass is 342 g/mol. The number of hydrogen-bond donors (Lipinski definition) is 1. The molecule has 2 aromatic rings. The Morgan fingerprint density at radius 3 is 2.68 bits per heavy atom. The Bertz CT molecular complexity index is 850. The van der Waals surface area contributed by atoms with Crippen molar-refractivity contribution in [2.24, 2.45) is 5.16 Å². The summed E-state index contributed by atoms with van der Waals surface area (Å²) in [6, 6.07) is 12.6. The van der Waals surface area contributed by atoms with Crippen LogP contribution < -0.4 is 5.32 Å². The summed E-state index contributed by atoms with van der Waals surface area (Å²) in [5.74, 6) is -1.47. The Morgan fingerprint density at radius 2 is 1.92 bits per heavy atom. The third-order valence-corrected chi connectivity index (χ3v) is 3.74. The molecule has 0 spiro atoms. The Hall–Kier alpha value is -3.22. The molecule has 1 aliphatic heterocycles. The first-order valence-electron chi connectivity index (χ1n) is 7.56. The van der Waals surface area contributed by atoms with Gasteiger partial charge in [0, 0.05) is 12.0 Å². The van der Waals surface area contributed by atoms with Crippen LogP contribution in [0.3, 0.4) is 0 Å². The van der Waals surface area contributed by atoms with Crippen LogP contribution in [0.15, 0.2) is 53.7 Å². The number of oxime groups is 1. The zero-order valence-corrected chi connectivity index (χ0v) is 13.4. The molecule has 1 aliphatic rings. The smallest absolute Gasteiger partial charge is 0.339 e. The molecule has 0 fully saturated rings. The third kappa shape index (κ3) is 3.50. The van der Waals surface area contributed by atoms with Crippen LogP contribution in [0.5, 0.6) is 0 Å². The van der Waals surface area contributed by atoms with Crippen LogP contribution in [0, 0.1) is 5.82 Å². The molecule has 0 bridgehead atoms. The molecule has 0 radical (unpaired) electrons. The fourth-order valence-corrected chi connectivity index (χ4v) is 2.47. The van der Waals surface area contributed by atoms with E-state index >= 15 is 0 Å². The van der Waals surface area contributed by atoms with Crippen LogP contribution >= 0.6 is 0 Å². The van der Waals surface area contributed by atoms with Crippen LogP contribution in [0.1, 0.15) is 22.3 Å². The summed E-state index contributed by atoms with van der Waals surface area (Å²) in [5, 5.41) is 6.43. The van der Waals surface area contributed by atoms with E-state index in [1.807, 2.05) is 0 Å². The number of carbonyl (C=O) groups excluding carboxylic acids is 2. The number of benzene rings is 2.